The normalized spacial score (nSPS) is 10.0. The fraction of sp³-hybridized carbons (Fsp3) is 0.700. The zero-order valence-electron chi connectivity index (χ0n) is 9.89. The first-order chi connectivity index (χ1) is 8.10. The maximum absolute atomic E-state index is 10.9. The summed E-state index contributed by atoms with van der Waals surface area (Å²) in [6.45, 7) is 3.15. The van der Waals surface area contributed by atoms with E-state index in [-0.39, 0.29) is 25.7 Å². The van der Waals surface area contributed by atoms with Crippen LogP contribution in [-0.2, 0) is 23.9 Å². The summed E-state index contributed by atoms with van der Waals surface area (Å²) in [7, 11) is 0. The monoisotopic (exact) mass is 246 g/mol. The van der Waals surface area contributed by atoms with Gasteiger partial charge in [-0.15, -0.1) is 0 Å². The molecule has 0 aromatic rings. The second-order valence-electron chi connectivity index (χ2n) is 3.28. The number of hydrogen-bond acceptors (Lipinski definition) is 6. The molecule has 0 unspecified atom stereocenters. The van der Waals surface area contributed by atoms with Gasteiger partial charge in [-0.25, -0.2) is 0 Å². The summed E-state index contributed by atoms with van der Waals surface area (Å²) in [4.78, 5) is 33.2. The molecule has 0 aromatic carbocycles. The van der Waals surface area contributed by atoms with E-state index in [2.05, 4.69) is 4.74 Å². The van der Waals surface area contributed by atoms with Crippen molar-refractivity contribution in [2.75, 3.05) is 32.8 Å². The zero-order valence-corrected chi connectivity index (χ0v) is 9.89. The standard InChI is InChI=1S/C10H18N2O5/c1-2-10(15)17-6-4-12(7-9(11)14)3-5-16-8-13/h8H,2-7H2,1H3,(H2,11,14). The number of carbonyl (C=O) groups is 3. The summed E-state index contributed by atoms with van der Waals surface area (Å²) in [5.41, 5.74) is 5.06. The molecule has 0 saturated heterocycles. The van der Waals surface area contributed by atoms with E-state index in [0.717, 1.165) is 0 Å². The third-order valence-electron chi connectivity index (χ3n) is 1.93. The van der Waals surface area contributed by atoms with Gasteiger partial charge in [0.25, 0.3) is 6.47 Å². The Labute approximate surface area is 99.8 Å². The van der Waals surface area contributed by atoms with Crippen LogP contribution >= 0.6 is 0 Å². The van der Waals surface area contributed by atoms with Crippen LogP contribution in [0.3, 0.4) is 0 Å². The topological polar surface area (TPSA) is 98.9 Å². The highest BCUT2D eigenvalue weighted by Gasteiger charge is 2.09. The molecule has 0 aromatic heterocycles. The lowest BCUT2D eigenvalue weighted by Gasteiger charge is -2.19. The van der Waals surface area contributed by atoms with Crippen molar-refractivity contribution in [1.29, 1.82) is 0 Å². The fourth-order valence-electron chi connectivity index (χ4n) is 1.11. The Morgan fingerprint density at radius 1 is 1.29 bits per heavy atom. The zero-order chi connectivity index (χ0) is 13.1. The molecule has 0 saturated carbocycles. The third kappa shape index (κ3) is 9.31. The Kier molecular flexibility index (Phi) is 8.67. The van der Waals surface area contributed by atoms with Crippen LogP contribution in [0.4, 0.5) is 0 Å². The number of nitrogens with two attached hydrogens (primary N) is 1. The lowest BCUT2D eigenvalue weighted by atomic mass is 10.4. The van der Waals surface area contributed by atoms with Crippen molar-refractivity contribution in [2.45, 2.75) is 13.3 Å². The average Bonchev–Trinajstić information content (AvgIpc) is 2.28. The first kappa shape index (κ1) is 15.4. The summed E-state index contributed by atoms with van der Waals surface area (Å²) in [5, 5.41) is 0. The molecule has 1 amide bonds. The molecule has 0 aliphatic carbocycles. The Bertz CT molecular complexity index is 257. The molecule has 0 bridgehead atoms. The van der Waals surface area contributed by atoms with Crippen LogP contribution in [0.5, 0.6) is 0 Å². The van der Waals surface area contributed by atoms with Gasteiger partial charge in [0, 0.05) is 19.5 Å². The van der Waals surface area contributed by atoms with Crippen molar-refractivity contribution in [1.82, 2.24) is 4.90 Å². The van der Waals surface area contributed by atoms with Crippen molar-refractivity contribution in [3.63, 3.8) is 0 Å². The highest BCUT2D eigenvalue weighted by molar-refractivity contribution is 5.75. The number of amides is 1. The number of rotatable bonds is 10. The quantitative estimate of drug-likeness (QED) is 0.298. The number of carbonyl (C=O) groups excluding carboxylic acids is 3. The predicted octanol–water partition coefficient (Wildman–Crippen LogP) is -1.10. The molecular formula is C10H18N2O5. The molecular weight excluding hydrogens is 228 g/mol. The Balaban J connectivity index is 3.87. The van der Waals surface area contributed by atoms with Crippen molar-refractivity contribution in [3.05, 3.63) is 0 Å². The van der Waals surface area contributed by atoms with E-state index >= 15 is 0 Å². The minimum Gasteiger partial charge on any atom is -0.467 e. The van der Waals surface area contributed by atoms with Gasteiger partial charge in [0.1, 0.15) is 13.2 Å². The summed E-state index contributed by atoms with van der Waals surface area (Å²) in [6, 6.07) is 0. The summed E-state index contributed by atoms with van der Waals surface area (Å²) < 4.78 is 9.38. The van der Waals surface area contributed by atoms with Crippen LogP contribution in [0, 0.1) is 0 Å². The molecule has 0 radical (unpaired) electrons. The van der Waals surface area contributed by atoms with Gasteiger partial charge in [0.15, 0.2) is 0 Å². The number of ether oxygens (including phenoxy) is 2. The molecule has 17 heavy (non-hydrogen) atoms. The molecule has 0 aliphatic rings. The van der Waals surface area contributed by atoms with Crippen LogP contribution < -0.4 is 5.73 Å². The van der Waals surface area contributed by atoms with E-state index in [9.17, 15) is 14.4 Å². The smallest absolute Gasteiger partial charge is 0.305 e. The van der Waals surface area contributed by atoms with E-state index in [1.165, 1.54) is 0 Å². The predicted molar refractivity (Wildman–Crippen MR) is 58.9 cm³/mol. The molecule has 0 rings (SSSR count). The van der Waals surface area contributed by atoms with Gasteiger partial charge >= 0.3 is 5.97 Å². The van der Waals surface area contributed by atoms with E-state index in [1.807, 2.05) is 0 Å². The van der Waals surface area contributed by atoms with Gasteiger partial charge in [-0.1, -0.05) is 6.92 Å². The number of primary amides is 1. The van der Waals surface area contributed by atoms with Gasteiger partial charge in [-0.3, -0.25) is 19.3 Å². The Hall–Kier alpha value is -1.63. The van der Waals surface area contributed by atoms with Crippen LogP contribution in [0.25, 0.3) is 0 Å². The summed E-state index contributed by atoms with van der Waals surface area (Å²) in [5.74, 6) is -0.786. The van der Waals surface area contributed by atoms with Gasteiger partial charge in [-0.2, -0.15) is 0 Å². The third-order valence-corrected chi connectivity index (χ3v) is 1.93. The van der Waals surface area contributed by atoms with Crippen molar-refractivity contribution in [2.24, 2.45) is 5.73 Å². The maximum Gasteiger partial charge on any atom is 0.305 e. The summed E-state index contributed by atoms with van der Waals surface area (Å²) >= 11 is 0. The van der Waals surface area contributed by atoms with E-state index in [0.29, 0.717) is 26.0 Å². The van der Waals surface area contributed by atoms with Gasteiger partial charge < -0.3 is 15.2 Å². The maximum atomic E-state index is 10.9. The van der Waals surface area contributed by atoms with E-state index in [1.54, 1.807) is 11.8 Å². The van der Waals surface area contributed by atoms with Crippen molar-refractivity contribution in [3.8, 4) is 0 Å². The minimum atomic E-state index is -0.488. The summed E-state index contributed by atoms with van der Waals surface area (Å²) in [6.07, 6.45) is 0.310. The molecule has 0 heterocycles. The average molecular weight is 246 g/mol. The number of nitrogens with zero attached hydrogens (tertiary/aromatic N) is 1. The first-order valence-corrected chi connectivity index (χ1v) is 5.31. The Morgan fingerprint density at radius 2 is 1.94 bits per heavy atom. The molecule has 7 nitrogen and oxygen atoms in total. The molecule has 2 N–H and O–H groups in total. The highest BCUT2D eigenvalue weighted by Crippen LogP contribution is 1.91. The largest absolute Gasteiger partial charge is 0.467 e. The van der Waals surface area contributed by atoms with Crippen molar-refractivity contribution < 1.29 is 23.9 Å². The molecule has 98 valence electrons. The van der Waals surface area contributed by atoms with Gasteiger partial charge in [0.05, 0.1) is 6.54 Å². The molecule has 0 atom stereocenters. The Morgan fingerprint density at radius 3 is 2.47 bits per heavy atom. The highest BCUT2D eigenvalue weighted by atomic mass is 16.5. The van der Waals surface area contributed by atoms with Crippen LogP contribution in [0.2, 0.25) is 0 Å². The lowest BCUT2D eigenvalue weighted by Crippen LogP contribution is -2.38. The molecule has 0 fully saturated rings. The molecule has 0 spiro atoms. The van der Waals surface area contributed by atoms with Gasteiger partial charge in [-0.05, 0) is 0 Å². The number of esters is 1. The first-order valence-electron chi connectivity index (χ1n) is 5.31. The van der Waals surface area contributed by atoms with Crippen molar-refractivity contribution >= 4 is 18.3 Å². The number of hydrogen-bond donors (Lipinski definition) is 1. The van der Waals surface area contributed by atoms with Crippen LogP contribution in [0.1, 0.15) is 13.3 Å². The van der Waals surface area contributed by atoms with Crippen LogP contribution in [-0.4, -0.2) is 56.1 Å². The molecule has 7 heteroatoms. The van der Waals surface area contributed by atoms with E-state index in [4.69, 9.17) is 10.5 Å². The van der Waals surface area contributed by atoms with Crippen LogP contribution in [0.15, 0.2) is 0 Å². The fourth-order valence-corrected chi connectivity index (χ4v) is 1.11. The van der Waals surface area contributed by atoms with Gasteiger partial charge in [0.2, 0.25) is 5.91 Å². The van der Waals surface area contributed by atoms with E-state index < -0.39 is 5.91 Å². The minimum absolute atomic E-state index is 0.0336. The SMILES string of the molecule is CCC(=O)OCCN(CCOC=O)CC(N)=O. The molecule has 0 aliphatic heterocycles. The second-order valence-corrected chi connectivity index (χ2v) is 3.28. The second kappa shape index (κ2) is 9.59. The lowest BCUT2D eigenvalue weighted by molar-refractivity contribution is -0.143.